The van der Waals surface area contributed by atoms with E-state index < -0.39 is 0 Å². The monoisotopic (exact) mass is 603 g/mol. The molecule has 0 amide bonds. The molecule has 0 radical (unpaired) electrons. The standard InChI is InChI=1S/C26H20Cl3N5S3/c1-14-31-32-21-11-30-25(15-5-2-3-6-17(15)27)23-16-9-10-33(12-20(16)37-26(23)34(14)21)22(35)13-36-19-8-4-7-18(28)24(19)29/h2-8H,9-13H2,1H3. The summed E-state index contributed by atoms with van der Waals surface area (Å²) in [5.74, 6) is 2.35. The van der Waals surface area contributed by atoms with Crippen molar-refractivity contribution in [3.63, 3.8) is 0 Å². The summed E-state index contributed by atoms with van der Waals surface area (Å²) >= 11 is 28.5. The van der Waals surface area contributed by atoms with Crippen molar-refractivity contribution in [1.82, 2.24) is 19.7 Å². The lowest BCUT2D eigenvalue weighted by atomic mass is 9.95. The number of rotatable bonds is 4. The molecular formula is C26H20Cl3N5S3. The van der Waals surface area contributed by atoms with Crippen molar-refractivity contribution in [3.05, 3.63) is 90.7 Å². The van der Waals surface area contributed by atoms with E-state index in [1.165, 1.54) is 10.4 Å². The van der Waals surface area contributed by atoms with E-state index >= 15 is 0 Å². The topological polar surface area (TPSA) is 46.3 Å². The van der Waals surface area contributed by atoms with Crippen LogP contribution in [0, 0.1) is 6.92 Å². The molecule has 0 saturated carbocycles. The molecule has 0 unspecified atom stereocenters. The summed E-state index contributed by atoms with van der Waals surface area (Å²) in [6.45, 7) is 4.03. The molecule has 0 N–H and O–H groups in total. The van der Waals surface area contributed by atoms with E-state index in [9.17, 15) is 0 Å². The smallest absolute Gasteiger partial charge is 0.160 e. The van der Waals surface area contributed by atoms with E-state index in [2.05, 4.69) is 19.7 Å². The summed E-state index contributed by atoms with van der Waals surface area (Å²) in [6, 6.07) is 13.6. The molecule has 0 spiro atoms. The third kappa shape index (κ3) is 4.62. The van der Waals surface area contributed by atoms with E-state index in [1.807, 2.05) is 43.3 Å². The zero-order valence-corrected chi connectivity index (χ0v) is 24.4. The molecule has 4 aromatic rings. The van der Waals surface area contributed by atoms with Crippen LogP contribution in [0.4, 0.5) is 0 Å². The lowest BCUT2D eigenvalue weighted by Gasteiger charge is -2.29. The summed E-state index contributed by atoms with van der Waals surface area (Å²) in [5.41, 5.74) is 4.31. The maximum absolute atomic E-state index is 6.66. The lowest BCUT2D eigenvalue weighted by molar-refractivity contribution is 0.404. The average molecular weight is 605 g/mol. The SMILES string of the molecule is Cc1nnc2n1-c1sc3c(c1C(c1ccccc1Cl)=NC2)CCN(C(=S)CSc1cccc(Cl)c1Cl)C3. The Kier molecular flexibility index (Phi) is 7.07. The number of hydrogen-bond acceptors (Lipinski definition) is 6. The Balaban J connectivity index is 1.33. The summed E-state index contributed by atoms with van der Waals surface area (Å²) in [5, 5.41) is 11.7. The van der Waals surface area contributed by atoms with Gasteiger partial charge >= 0.3 is 0 Å². The van der Waals surface area contributed by atoms with Crippen LogP contribution < -0.4 is 0 Å². The first kappa shape index (κ1) is 25.3. The van der Waals surface area contributed by atoms with Gasteiger partial charge in [-0.1, -0.05) is 71.3 Å². The largest absolute Gasteiger partial charge is 0.360 e. The predicted octanol–water partition coefficient (Wildman–Crippen LogP) is 7.43. The van der Waals surface area contributed by atoms with Crippen molar-refractivity contribution >= 4 is 80.8 Å². The highest BCUT2D eigenvalue weighted by molar-refractivity contribution is 8.01. The predicted molar refractivity (Wildman–Crippen MR) is 159 cm³/mol. The summed E-state index contributed by atoms with van der Waals surface area (Å²) in [6.07, 6.45) is 0.865. The third-order valence-electron chi connectivity index (χ3n) is 6.50. The van der Waals surface area contributed by atoms with E-state index in [4.69, 9.17) is 52.0 Å². The number of benzene rings is 2. The Morgan fingerprint density at radius 3 is 2.73 bits per heavy atom. The number of thiocarbonyl (C=S) groups is 1. The fraction of sp³-hybridized carbons (Fsp3) is 0.231. The number of hydrogen-bond donors (Lipinski definition) is 0. The Morgan fingerprint density at radius 2 is 1.89 bits per heavy atom. The van der Waals surface area contributed by atoms with Gasteiger partial charge in [0.05, 0.1) is 27.3 Å². The molecule has 188 valence electrons. The Labute approximate surface area is 243 Å². The van der Waals surface area contributed by atoms with Crippen molar-refractivity contribution in [1.29, 1.82) is 0 Å². The highest BCUT2D eigenvalue weighted by Crippen LogP contribution is 2.41. The molecule has 0 aliphatic carbocycles. The molecule has 0 atom stereocenters. The normalized spacial score (nSPS) is 14.5. The van der Waals surface area contributed by atoms with Crippen LogP contribution in [0.3, 0.4) is 0 Å². The first-order valence-corrected chi connectivity index (χ1v) is 15.0. The van der Waals surface area contributed by atoms with Gasteiger partial charge in [-0.05, 0) is 37.1 Å². The maximum atomic E-state index is 6.66. The molecule has 6 rings (SSSR count). The molecule has 37 heavy (non-hydrogen) atoms. The number of aryl methyl sites for hydroxylation is 1. The van der Waals surface area contributed by atoms with Crippen molar-refractivity contribution in [2.75, 3.05) is 12.3 Å². The van der Waals surface area contributed by atoms with Gasteiger partial charge in [-0.15, -0.1) is 33.3 Å². The second-order valence-electron chi connectivity index (χ2n) is 8.73. The molecule has 2 aliphatic rings. The number of fused-ring (bicyclic) bond motifs is 5. The molecule has 0 fully saturated rings. The van der Waals surface area contributed by atoms with Gasteiger partial charge in [0.2, 0.25) is 0 Å². The number of thiophene rings is 1. The molecule has 2 aliphatic heterocycles. The molecule has 2 aromatic heterocycles. The van der Waals surface area contributed by atoms with Gasteiger partial charge in [0.15, 0.2) is 5.82 Å². The van der Waals surface area contributed by atoms with Crippen LogP contribution in [-0.4, -0.2) is 42.7 Å². The summed E-state index contributed by atoms with van der Waals surface area (Å²) in [4.78, 5) is 10.4. The van der Waals surface area contributed by atoms with Gasteiger partial charge in [-0.3, -0.25) is 9.56 Å². The summed E-state index contributed by atoms with van der Waals surface area (Å²) < 4.78 is 2.14. The van der Waals surface area contributed by atoms with Crippen LogP contribution in [-0.2, 0) is 19.5 Å². The zero-order chi connectivity index (χ0) is 25.7. The highest BCUT2D eigenvalue weighted by atomic mass is 35.5. The Morgan fingerprint density at radius 1 is 1.08 bits per heavy atom. The van der Waals surface area contributed by atoms with Gasteiger partial charge < -0.3 is 4.90 Å². The van der Waals surface area contributed by atoms with Gasteiger partial charge in [0, 0.05) is 38.2 Å². The fourth-order valence-corrected chi connectivity index (χ4v) is 8.09. The van der Waals surface area contributed by atoms with E-state index in [0.717, 1.165) is 62.9 Å². The van der Waals surface area contributed by atoms with E-state index in [-0.39, 0.29) is 0 Å². The molecule has 0 bridgehead atoms. The van der Waals surface area contributed by atoms with Gasteiger partial charge in [-0.25, -0.2) is 0 Å². The molecule has 5 nitrogen and oxygen atoms in total. The van der Waals surface area contributed by atoms with Crippen molar-refractivity contribution < 1.29 is 0 Å². The Bertz CT molecular complexity index is 1580. The van der Waals surface area contributed by atoms with Gasteiger partial charge in [-0.2, -0.15) is 0 Å². The maximum Gasteiger partial charge on any atom is 0.160 e. The van der Waals surface area contributed by atoms with Crippen molar-refractivity contribution in [2.24, 2.45) is 4.99 Å². The van der Waals surface area contributed by atoms with Crippen molar-refractivity contribution in [3.8, 4) is 5.00 Å². The second-order valence-corrected chi connectivity index (χ2v) is 12.5. The Hall–Kier alpha value is -1.94. The number of nitrogens with zero attached hydrogens (tertiary/aromatic N) is 5. The van der Waals surface area contributed by atoms with Crippen LogP contribution in [0.2, 0.25) is 15.1 Å². The third-order valence-corrected chi connectivity index (χ3v) is 10.6. The van der Waals surface area contributed by atoms with Crippen LogP contribution in [0.25, 0.3) is 5.00 Å². The minimum absolute atomic E-state index is 0.455. The first-order valence-electron chi connectivity index (χ1n) is 11.6. The number of aliphatic imine (C=N–C) groups is 1. The van der Waals surface area contributed by atoms with Crippen LogP contribution >= 0.6 is 70.1 Å². The van der Waals surface area contributed by atoms with Gasteiger partial charge in [0.25, 0.3) is 0 Å². The molecule has 11 heteroatoms. The quantitative estimate of drug-likeness (QED) is 0.179. The van der Waals surface area contributed by atoms with Crippen LogP contribution in [0.15, 0.2) is 52.4 Å². The second kappa shape index (κ2) is 10.3. The highest BCUT2D eigenvalue weighted by Gasteiger charge is 2.32. The first-order chi connectivity index (χ1) is 17.9. The zero-order valence-electron chi connectivity index (χ0n) is 19.7. The van der Waals surface area contributed by atoms with Crippen LogP contribution in [0.5, 0.6) is 0 Å². The lowest BCUT2D eigenvalue weighted by Crippen LogP contribution is -2.35. The number of thioether (sulfide) groups is 1. The van der Waals surface area contributed by atoms with E-state index in [1.54, 1.807) is 29.2 Å². The molecule has 0 saturated heterocycles. The van der Waals surface area contributed by atoms with E-state index in [0.29, 0.717) is 27.4 Å². The fourth-order valence-electron chi connectivity index (χ4n) is 4.70. The minimum atomic E-state index is 0.455. The number of aromatic nitrogens is 3. The molecular weight excluding hydrogens is 585 g/mol. The summed E-state index contributed by atoms with van der Waals surface area (Å²) in [7, 11) is 0. The van der Waals surface area contributed by atoms with Crippen LogP contribution in [0.1, 0.15) is 33.2 Å². The van der Waals surface area contributed by atoms with Gasteiger partial charge in [0.1, 0.15) is 17.4 Å². The molecule has 4 heterocycles. The average Bonchev–Trinajstić information content (AvgIpc) is 3.40. The number of halogens is 3. The molecule has 2 aromatic carbocycles. The van der Waals surface area contributed by atoms with Crippen molar-refractivity contribution in [2.45, 2.75) is 31.3 Å². The minimum Gasteiger partial charge on any atom is -0.360 e.